The highest BCUT2D eigenvalue weighted by molar-refractivity contribution is 6.15. The summed E-state index contributed by atoms with van der Waals surface area (Å²) in [4.78, 5) is 33.5. The van der Waals surface area contributed by atoms with Gasteiger partial charge in [0.05, 0.1) is 15.9 Å². The molecule has 8 heteroatoms. The summed E-state index contributed by atoms with van der Waals surface area (Å²) in [7, 11) is 3.68. The number of hydrogen-bond donors (Lipinski definition) is 0. The van der Waals surface area contributed by atoms with E-state index < -0.39 is 0 Å². The van der Waals surface area contributed by atoms with Crippen LogP contribution in [0.4, 0.5) is 11.4 Å². The summed E-state index contributed by atoms with van der Waals surface area (Å²) in [6.45, 7) is 6.99. The van der Waals surface area contributed by atoms with Crippen LogP contribution in [0.15, 0.2) is 30.3 Å². The van der Waals surface area contributed by atoms with E-state index in [4.69, 9.17) is 4.74 Å². The van der Waals surface area contributed by atoms with Crippen molar-refractivity contribution in [2.75, 3.05) is 32.0 Å². The van der Waals surface area contributed by atoms with Crippen LogP contribution in [-0.2, 0) is 20.7 Å². The van der Waals surface area contributed by atoms with Crippen molar-refractivity contribution in [2.45, 2.75) is 52.1 Å². The van der Waals surface area contributed by atoms with E-state index in [-0.39, 0.29) is 27.0 Å². The van der Waals surface area contributed by atoms with Crippen LogP contribution in [0.3, 0.4) is 0 Å². The average molecular weight is 491 g/mol. The fourth-order valence-corrected chi connectivity index (χ4v) is 4.75. The number of likely N-dealkylation sites (N-methyl/N-ethyl adjacent to an activating group) is 1. The van der Waals surface area contributed by atoms with Crippen molar-refractivity contribution in [1.29, 1.82) is 0 Å². The molecule has 6 rings (SSSR count). The van der Waals surface area contributed by atoms with E-state index in [9.17, 15) is 19.7 Å². The van der Waals surface area contributed by atoms with Crippen molar-refractivity contribution in [3.63, 3.8) is 0 Å². The molecular weight excluding hydrogens is 456 g/mol. The number of anilines is 1. The standard InChI is InChI=1S/C13H12N2O2.C7H8O2.C5H12O.CH3Cl/c1-14-7-6-11-9-4-2-3-5-10(9)13(15(16)17)8-12(11)14;8-4-6-1-7(2-6,3-6)5-9;1-5(2,3)6-4;1-2/h2-5,8H,6-7H2,1H3;4-5H,1-3H2;1-4H3;1H3. The van der Waals surface area contributed by atoms with Crippen LogP contribution < -0.4 is 4.90 Å². The van der Waals surface area contributed by atoms with Crippen molar-refractivity contribution in [1.82, 2.24) is 0 Å². The molecule has 34 heavy (non-hydrogen) atoms. The Bertz CT molecular complexity index is 1010. The molecular formula is C26H35ClN2O5. The number of aldehydes is 2. The van der Waals surface area contributed by atoms with Crippen LogP contribution in [0.1, 0.15) is 45.6 Å². The minimum Gasteiger partial charge on any atom is -0.379 e. The number of non-ortho nitro benzene ring substituents is 1. The molecule has 1 heterocycles. The van der Waals surface area contributed by atoms with Gasteiger partial charge in [0.2, 0.25) is 0 Å². The molecule has 2 aromatic rings. The second-order valence-corrected chi connectivity index (χ2v) is 10.2. The van der Waals surface area contributed by atoms with E-state index in [1.165, 1.54) is 11.9 Å². The number of hydrogen-bond acceptors (Lipinski definition) is 6. The maximum Gasteiger partial charge on any atom is 0.279 e. The minimum absolute atomic E-state index is 0.0408. The summed E-state index contributed by atoms with van der Waals surface area (Å²) in [5.74, 6) is 0. The van der Waals surface area contributed by atoms with Gasteiger partial charge in [-0.15, -0.1) is 11.6 Å². The van der Waals surface area contributed by atoms with E-state index in [0.29, 0.717) is 0 Å². The highest BCUT2D eigenvalue weighted by Crippen LogP contribution is 2.71. The molecule has 0 saturated heterocycles. The monoisotopic (exact) mass is 490 g/mol. The molecule has 4 aliphatic rings. The number of methoxy groups -OCH3 is 1. The molecule has 7 nitrogen and oxygen atoms in total. The van der Waals surface area contributed by atoms with Gasteiger partial charge in [-0.05, 0) is 63.5 Å². The number of carbonyl (C=O) groups excluding carboxylic acids is 2. The molecule has 186 valence electrons. The zero-order chi connectivity index (χ0) is 25.7. The fourth-order valence-electron chi connectivity index (χ4n) is 4.75. The molecule has 2 aromatic carbocycles. The lowest BCUT2D eigenvalue weighted by Crippen LogP contribution is -2.63. The Labute approximate surface area is 206 Å². The third-order valence-electron chi connectivity index (χ3n) is 6.64. The van der Waals surface area contributed by atoms with Gasteiger partial charge in [0.25, 0.3) is 5.69 Å². The maximum absolute atomic E-state index is 11.1. The van der Waals surface area contributed by atoms with Crippen LogP contribution in [-0.4, -0.2) is 50.2 Å². The highest BCUT2D eigenvalue weighted by atomic mass is 35.5. The van der Waals surface area contributed by atoms with E-state index in [2.05, 4.69) is 16.5 Å². The van der Waals surface area contributed by atoms with Gasteiger partial charge in [-0.25, -0.2) is 0 Å². The van der Waals surface area contributed by atoms with Crippen molar-refractivity contribution in [3.8, 4) is 0 Å². The third-order valence-corrected chi connectivity index (χ3v) is 6.64. The van der Waals surface area contributed by atoms with E-state index in [1.54, 1.807) is 13.2 Å². The number of halogens is 1. The smallest absolute Gasteiger partial charge is 0.279 e. The largest absolute Gasteiger partial charge is 0.379 e. The first-order chi connectivity index (χ1) is 16.0. The molecule has 0 amide bonds. The second kappa shape index (κ2) is 10.8. The SMILES string of the molecule is CCl.CN1CCc2c1cc([N+](=O)[O-])c1ccccc21.COC(C)(C)C.O=CC12CC(C=O)(C1)C2. The van der Waals surface area contributed by atoms with E-state index in [1.807, 2.05) is 52.1 Å². The minimum atomic E-state index is -0.297. The molecule has 3 saturated carbocycles. The molecule has 1 aliphatic heterocycles. The summed E-state index contributed by atoms with van der Waals surface area (Å²) in [6.07, 6.45) is 6.94. The quantitative estimate of drug-likeness (QED) is 0.241. The predicted molar refractivity (Wildman–Crippen MR) is 137 cm³/mol. The van der Waals surface area contributed by atoms with Crippen molar-refractivity contribution in [3.05, 3.63) is 46.0 Å². The van der Waals surface area contributed by atoms with Crippen LogP contribution in [0.5, 0.6) is 0 Å². The third kappa shape index (κ3) is 5.76. The molecule has 0 spiro atoms. The number of ether oxygens (including phenoxy) is 1. The van der Waals surface area contributed by atoms with Gasteiger partial charge >= 0.3 is 0 Å². The van der Waals surface area contributed by atoms with Crippen LogP contribution in [0.2, 0.25) is 0 Å². The average Bonchev–Trinajstić information content (AvgIpc) is 3.15. The molecule has 3 aliphatic carbocycles. The first kappa shape index (κ1) is 27.7. The van der Waals surface area contributed by atoms with E-state index in [0.717, 1.165) is 61.3 Å². The number of benzene rings is 2. The zero-order valence-corrected chi connectivity index (χ0v) is 21.6. The molecule has 0 radical (unpaired) electrons. The van der Waals surface area contributed by atoms with Gasteiger partial charge in [-0.2, -0.15) is 0 Å². The second-order valence-electron chi connectivity index (χ2n) is 10.2. The van der Waals surface area contributed by atoms with Gasteiger partial charge in [-0.1, -0.05) is 18.2 Å². The van der Waals surface area contributed by atoms with Crippen molar-refractivity contribution < 1.29 is 19.2 Å². The lowest BCUT2D eigenvalue weighted by molar-refractivity contribution is -0.383. The number of rotatable bonds is 3. The number of nitrogens with zero attached hydrogens (tertiary/aromatic N) is 2. The molecule has 0 unspecified atom stereocenters. The summed E-state index contributed by atoms with van der Waals surface area (Å²) in [5.41, 5.74) is 2.39. The van der Waals surface area contributed by atoms with Gasteiger partial charge < -0.3 is 19.2 Å². The van der Waals surface area contributed by atoms with Crippen LogP contribution >= 0.6 is 11.6 Å². The first-order valence-electron chi connectivity index (χ1n) is 11.2. The summed E-state index contributed by atoms with van der Waals surface area (Å²) >= 11 is 4.64. The normalized spacial score (nSPS) is 23.3. The molecule has 3 fully saturated rings. The number of nitro groups is 1. The van der Waals surface area contributed by atoms with E-state index >= 15 is 0 Å². The van der Waals surface area contributed by atoms with Gasteiger partial charge in [0.15, 0.2) is 0 Å². The van der Waals surface area contributed by atoms with Gasteiger partial charge in [0, 0.05) is 49.7 Å². The topological polar surface area (TPSA) is 89.8 Å². The Morgan fingerprint density at radius 3 is 1.94 bits per heavy atom. The zero-order valence-electron chi connectivity index (χ0n) is 20.9. The van der Waals surface area contributed by atoms with Crippen molar-refractivity contribution in [2.24, 2.45) is 10.8 Å². The Morgan fingerprint density at radius 1 is 1.06 bits per heavy atom. The predicted octanol–water partition coefficient (Wildman–Crippen LogP) is 5.58. The number of nitro benzene ring substituents is 1. The maximum atomic E-state index is 11.1. The fraction of sp³-hybridized carbons (Fsp3) is 0.538. The first-order valence-corrected chi connectivity index (χ1v) is 12.0. The van der Waals surface area contributed by atoms with Gasteiger partial charge in [0.1, 0.15) is 12.6 Å². The summed E-state index contributed by atoms with van der Waals surface area (Å²) in [5, 5.41) is 12.9. The van der Waals surface area contributed by atoms with Crippen molar-refractivity contribution >= 4 is 46.3 Å². The Morgan fingerprint density at radius 2 is 1.53 bits per heavy atom. The molecule has 0 atom stereocenters. The number of alkyl halides is 1. The number of fused-ring (bicyclic) bond motifs is 3. The lowest BCUT2D eigenvalue weighted by atomic mass is 9.36. The Balaban J connectivity index is 0.000000202. The summed E-state index contributed by atoms with van der Waals surface area (Å²) in [6, 6.07) is 9.28. The van der Waals surface area contributed by atoms with Gasteiger partial charge in [-0.3, -0.25) is 10.1 Å². The Hall–Kier alpha value is -2.51. The molecule has 2 bridgehead atoms. The van der Waals surface area contributed by atoms with Crippen LogP contribution in [0, 0.1) is 20.9 Å². The molecule has 0 aromatic heterocycles. The highest BCUT2D eigenvalue weighted by Gasteiger charge is 2.68. The van der Waals surface area contributed by atoms with Crippen LogP contribution in [0.25, 0.3) is 10.8 Å². The Kier molecular flexibility index (Phi) is 8.83. The summed E-state index contributed by atoms with van der Waals surface area (Å²) < 4.78 is 4.94. The lowest BCUT2D eigenvalue weighted by Gasteiger charge is -2.65. The number of carbonyl (C=O) groups is 2. The molecule has 0 N–H and O–H groups in total.